The highest BCUT2D eigenvalue weighted by Gasteiger charge is 2.35. The number of rotatable bonds is 7. The van der Waals surface area contributed by atoms with E-state index in [0.717, 1.165) is 12.1 Å². The van der Waals surface area contributed by atoms with Gasteiger partial charge in [-0.3, -0.25) is 0 Å². The van der Waals surface area contributed by atoms with Gasteiger partial charge in [-0.15, -0.1) is 0 Å². The Morgan fingerprint density at radius 1 is 1.15 bits per heavy atom. The molecule has 1 aliphatic rings. The van der Waals surface area contributed by atoms with Crippen molar-refractivity contribution in [3.05, 3.63) is 35.6 Å². The second-order valence-corrected chi connectivity index (χ2v) is 10.8. The van der Waals surface area contributed by atoms with Crippen molar-refractivity contribution < 1.29 is 21.2 Å². The Morgan fingerprint density at radius 2 is 1.82 bits per heavy atom. The molecular weight excluding hydrogens is 491 g/mol. The van der Waals surface area contributed by atoms with Gasteiger partial charge in [0.15, 0.2) is 5.95 Å². The molecule has 0 radical (unpaired) electrons. The van der Waals surface area contributed by atoms with Crippen molar-refractivity contribution in [2.24, 2.45) is 10.9 Å². The normalized spacial score (nSPS) is 16.4. The lowest BCUT2D eigenvalue weighted by molar-refractivity contribution is 0.530. The molecule has 184 valence electrons. The van der Waals surface area contributed by atoms with Gasteiger partial charge in [-0.1, -0.05) is 6.07 Å². The van der Waals surface area contributed by atoms with Crippen LogP contribution in [-0.2, 0) is 20.0 Å². The van der Waals surface area contributed by atoms with Crippen molar-refractivity contribution in [2.75, 3.05) is 12.3 Å². The fraction of sp³-hybridized carbons (Fsp3) is 0.235. The summed E-state index contributed by atoms with van der Waals surface area (Å²) in [6, 6.07) is 4.03. The Bertz CT molecular complexity index is 1470. The Balaban J connectivity index is 2.10. The number of aromatic amines is 1. The summed E-state index contributed by atoms with van der Waals surface area (Å²) in [5.41, 5.74) is 22.5. The summed E-state index contributed by atoms with van der Waals surface area (Å²) in [7, 11) is -9.03. The summed E-state index contributed by atoms with van der Waals surface area (Å²) in [6.07, 6.45) is -1.01. The molecule has 14 nitrogen and oxygen atoms in total. The van der Waals surface area contributed by atoms with Gasteiger partial charge in [-0.2, -0.15) is 11.1 Å². The zero-order valence-electron chi connectivity index (χ0n) is 17.7. The quantitative estimate of drug-likeness (QED) is 0.173. The minimum Gasteiger partial charge on any atom is -0.369 e. The van der Waals surface area contributed by atoms with Gasteiger partial charge in [-0.05, 0) is 30.7 Å². The van der Waals surface area contributed by atoms with Gasteiger partial charge in [0.2, 0.25) is 20.0 Å². The van der Waals surface area contributed by atoms with Crippen LogP contribution in [-0.4, -0.2) is 39.4 Å². The summed E-state index contributed by atoms with van der Waals surface area (Å²) in [6.45, 7) is 1.49. The first-order chi connectivity index (χ1) is 15.9. The van der Waals surface area contributed by atoms with E-state index in [1.165, 1.54) is 19.1 Å². The summed E-state index contributed by atoms with van der Waals surface area (Å²) in [5, 5.41) is 5.52. The number of hydrogen-bond acceptors (Lipinski definition) is 11. The highest BCUT2D eigenvalue weighted by atomic mass is 32.2. The third-order valence-electron chi connectivity index (χ3n) is 5.09. The van der Waals surface area contributed by atoms with Crippen LogP contribution in [0.15, 0.2) is 34.1 Å². The molecule has 12 N–H and O–H groups in total. The number of nitrogens with zero attached hydrogens (tertiary/aromatic N) is 1. The van der Waals surface area contributed by atoms with Crippen molar-refractivity contribution in [2.45, 2.75) is 28.9 Å². The van der Waals surface area contributed by atoms with Crippen LogP contribution in [0.1, 0.15) is 18.7 Å². The maximum absolute atomic E-state index is 14.5. The zero-order chi connectivity index (χ0) is 24.8. The van der Waals surface area contributed by atoms with E-state index in [4.69, 9.17) is 16.6 Å². The highest BCUT2D eigenvalue weighted by Crippen LogP contribution is 2.39. The minimum absolute atomic E-state index is 0.00897. The smallest absolute Gasteiger partial charge is 0.242 e. The van der Waals surface area contributed by atoms with E-state index in [1.807, 2.05) is 0 Å². The van der Waals surface area contributed by atoms with Gasteiger partial charge in [0.1, 0.15) is 21.8 Å². The Morgan fingerprint density at radius 3 is 2.44 bits per heavy atom. The maximum Gasteiger partial charge on any atom is 0.242 e. The number of nitrogens with one attached hydrogen (secondary N) is 6. The molecular formula is C17H23FN10O4S2. The maximum atomic E-state index is 14.5. The largest absolute Gasteiger partial charge is 0.369 e. The predicted octanol–water partition coefficient (Wildman–Crippen LogP) is -1.66. The second-order valence-electron chi connectivity index (χ2n) is 7.60. The molecule has 0 amide bonds. The van der Waals surface area contributed by atoms with E-state index in [2.05, 4.69) is 36.6 Å². The Kier molecular flexibility index (Phi) is 6.31. The lowest BCUT2D eigenvalue weighted by Gasteiger charge is -2.22. The third kappa shape index (κ3) is 4.48. The average Bonchev–Trinajstić information content (AvgIpc) is 3.40. The monoisotopic (exact) mass is 514 g/mol. The lowest BCUT2D eigenvalue weighted by Crippen LogP contribution is -2.39. The lowest BCUT2D eigenvalue weighted by atomic mass is 9.96. The molecule has 0 spiro atoms. The number of primary sulfonamides is 1. The topological polar surface area (TPSA) is 235 Å². The van der Waals surface area contributed by atoms with Crippen LogP contribution in [0.4, 0.5) is 10.3 Å². The number of imidazole rings is 1. The van der Waals surface area contributed by atoms with Gasteiger partial charge in [-0.25, -0.2) is 46.9 Å². The Hall–Kier alpha value is -2.74. The number of nitrogens with two attached hydrogens (primary N) is 3. The molecule has 1 aliphatic heterocycles. The molecule has 17 heteroatoms. The molecule has 0 unspecified atom stereocenters. The molecule has 4 rings (SSSR count). The predicted molar refractivity (Wildman–Crippen MR) is 121 cm³/mol. The minimum atomic E-state index is -4.65. The van der Waals surface area contributed by atoms with Gasteiger partial charge >= 0.3 is 0 Å². The van der Waals surface area contributed by atoms with Gasteiger partial charge in [0, 0.05) is 23.7 Å². The molecule has 0 saturated carbocycles. The zero-order valence-corrected chi connectivity index (χ0v) is 19.3. The number of nitrogen functional groups attached to an aromatic ring is 1. The number of anilines is 1. The average molecular weight is 515 g/mol. The van der Waals surface area contributed by atoms with Crippen LogP contribution < -0.4 is 43.2 Å². The number of hydrogen-bond donors (Lipinski definition) is 9. The molecule has 0 bridgehead atoms. The number of H-pyrrole nitrogens is 1. The molecule has 3 aromatic rings. The van der Waals surface area contributed by atoms with Crippen molar-refractivity contribution in [3.8, 4) is 11.1 Å². The van der Waals surface area contributed by atoms with Crippen molar-refractivity contribution in [3.63, 3.8) is 0 Å². The molecule has 0 aliphatic carbocycles. The van der Waals surface area contributed by atoms with Crippen LogP contribution in [0.3, 0.4) is 0 Å². The van der Waals surface area contributed by atoms with Crippen molar-refractivity contribution >= 4 is 37.0 Å². The van der Waals surface area contributed by atoms with E-state index in [-0.39, 0.29) is 40.2 Å². The number of hydrazine groups is 3. The first kappa shape index (κ1) is 24.4. The standard InChI is InChI=1S/C17H23FN10O4S2/c1-7(6-19)26-34(31,32)12-3-2-9(10-4-8(18)5-11-14(10)23-17(20)22-11)13(15(12)33(21,29)30)16-24-27-28-25-16/h2-5,7,16,24-28H,6,19H2,1H3,(H3,20,22,23)(H2,21,29,30)/t7-/m0/s1. The van der Waals surface area contributed by atoms with Gasteiger partial charge in [0.25, 0.3) is 0 Å². The molecule has 1 aromatic heterocycles. The van der Waals surface area contributed by atoms with E-state index in [0.29, 0.717) is 0 Å². The summed E-state index contributed by atoms with van der Waals surface area (Å²) in [4.78, 5) is 5.59. The van der Waals surface area contributed by atoms with Crippen LogP contribution in [0.5, 0.6) is 0 Å². The van der Waals surface area contributed by atoms with Crippen molar-refractivity contribution in [1.29, 1.82) is 0 Å². The number of aromatic nitrogens is 2. The van der Waals surface area contributed by atoms with Crippen LogP contribution >= 0.6 is 0 Å². The van der Waals surface area contributed by atoms with Gasteiger partial charge < -0.3 is 16.5 Å². The molecule has 2 aromatic carbocycles. The second kappa shape index (κ2) is 8.80. The SMILES string of the molecule is C[C@@H](CN)NS(=O)(=O)c1ccc(-c2cc(F)cc3[nH]c(N)nc23)c(C2NNNN2)c1S(N)(=O)=O. The molecule has 1 fully saturated rings. The van der Waals surface area contributed by atoms with Crippen molar-refractivity contribution in [1.82, 2.24) is 36.6 Å². The number of benzene rings is 2. The highest BCUT2D eigenvalue weighted by molar-refractivity contribution is 7.92. The van der Waals surface area contributed by atoms with E-state index in [9.17, 15) is 21.2 Å². The van der Waals surface area contributed by atoms with Crippen LogP contribution in [0, 0.1) is 5.82 Å². The molecule has 2 heterocycles. The van der Waals surface area contributed by atoms with E-state index >= 15 is 0 Å². The van der Waals surface area contributed by atoms with E-state index < -0.39 is 47.9 Å². The number of halogens is 1. The van der Waals surface area contributed by atoms with Crippen LogP contribution in [0.25, 0.3) is 22.2 Å². The fourth-order valence-corrected chi connectivity index (χ4v) is 6.60. The van der Waals surface area contributed by atoms with Gasteiger partial charge in [0.05, 0.1) is 11.0 Å². The summed E-state index contributed by atoms with van der Waals surface area (Å²) >= 11 is 0. The third-order valence-corrected chi connectivity index (χ3v) is 7.86. The molecule has 1 atom stereocenters. The van der Waals surface area contributed by atoms with E-state index in [1.54, 1.807) is 0 Å². The summed E-state index contributed by atoms with van der Waals surface area (Å²) < 4.78 is 68.6. The summed E-state index contributed by atoms with van der Waals surface area (Å²) in [5.74, 6) is -0.650. The number of fused-ring (bicyclic) bond motifs is 1. The number of sulfonamides is 2. The first-order valence-electron chi connectivity index (χ1n) is 9.80. The fourth-order valence-electron chi connectivity index (χ4n) is 3.69. The first-order valence-corrected chi connectivity index (χ1v) is 12.8. The molecule has 34 heavy (non-hydrogen) atoms. The Labute approximate surface area is 193 Å². The molecule has 1 saturated heterocycles. The van der Waals surface area contributed by atoms with Crippen LogP contribution in [0.2, 0.25) is 0 Å².